The first-order valence-corrected chi connectivity index (χ1v) is 10.6. The maximum absolute atomic E-state index is 9.49. The molecule has 4 saturated heterocycles. The molecule has 0 aromatic rings. The van der Waals surface area contributed by atoms with E-state index in [1.807, 2.05) is 0 Å². The molecule has 0 bridgehead atoms. The number of hydrogen-bond acceptors (Lipinski definition) is 5. The summed E-state index contributed by atoms with van der Waals surface area (Å²) in [5.74, 6) is 0. The van der Waals surface area contributed by atoms with Crippen LogP contribution in [-0.2, 0) is 18.9 Å². The Labute approximate surface area is 156 Å². The average Bonchev–Trinajstić information content (AvgIpc) is 3.44. The van der Waals surface area contributed by atoms with E-state index in [1.165, 1.54) is 5.57 Å². The van der Waals surface area contributed by atoms with Gasteiger partial charge < -0.3 is 24.1 Å². The normalized spacial score (nSPS) is 47.8. The molecule has 0 aromatic heterocycles. The summed E-state index contributed by atoms with van der Waals surface area (Å²) in [6.07, 6.45) is 12.2. The molecule has 4 atom stereocenters. The van der Waals surface area contributed by atoms with Gasteiger partial charge in [-0.2, -0.15) is 0 Å². The van der Waals surface area contributed by atoms with Crippen molar-refractivity contribution < 1.29 is 24.1 Å². The Hall–Kier alpha value is -0.460. The number of fused-ring (bicyclic) bond motifs is 3. The second-order valence-electron chi connectivity index (χ2n) is 8.68. The molecule has 5 aliphatic rings. The van der Waals surface area contributed by atoms with Crippen LogP contribution in [0.2, 0.25) is 0 Å². The standard InChI is InChI=1S/C21H32O5/c22-11-1-6-17-16-18(7-2-12-23-18)20(9-4-14-25-20)21(10-5-15-26-21)19(17)8-3-13-24-19/h16,22H,1-15H2/t18-,19+,20-,21-/m0/s1. The van der Waals surface area contributed by atoms with E-state index in [0.29, 0.717) is 0 Å². The van der Waals surface area contributed by atoms with Gasteiger partial charge >= 0.3 is 0 Å². The van der Waals surface area contributed by atoms with Gasteiger partial charge in [-0.3, -0.25) is 0 Å². The number of aliphatic hydroxyl groups excluding tert-OH is 1. The van der Waals surface area contributed by atoms with Crippen LogP contribution in [0.1, 0.15) is 64.2 Å². The van der Waals surface area contributed by atoms with Gasteiger partial charge in [0, 0.05) is 33.0 Å². The highest BCUT2D eigenvalue weighted by atomic mass is 16.6. The predicted octanol–water partition coefficient (Wildman–Crippen LogP) is 2.90. The van der Waals surface area contributed by atoms with Crippen molar-refractivity contribution in [1.29, 1.82) is 0 Å². The van der Waals surface area contributed by atoms with E-state index in [1.54, 1.807) is 0 Å². The Balaban J connectivity index is 1.73. The van der Waals surface area contributed by atoms with E-state index in [4.69, 9.17) is 18.9 Å². The zero-order chi connectivity index (χ0) is 17.7. The second-order valence-corrected chi connectivity index (χ2v) is 8.68. The molecule has 5 rings (SSSR count). The third-order valence-electron chi connectivity index (χ3n) is 7.64. The Morgan fingerprint density at radius 2 is 1.42 bits per heavy atom. The third-order valence-corrected chi connectivity index (χ3v) is 7.64. The summed E-state index contributed by atoms with van der Waals surface area (Å²) in [6, 6.07) is 0. The molecule has 5 heteroatoms. The molecule has 4 heterocycles. The average molecular weight is 364 g/mol. The second kappa shape index (κ2) is 6.28. The fourth-order valence-electron chi connectivity index (χ4n) is 6.86. The molecule has 26 heavy (non-hydrogen) atoms. The third kappa shape index (κ3) is 1.99. The number of ether oxygens (including phenoxy) is 4. The van der Waals surface area contributed by atoms with Gasteiger partial charge in [-0.05, 0) is 75.9 Å². The molecular weight excluding hydrogens is 332 g/mol. The van der Waals surface area contributed by atoms with Gasteiger partial charge in [0.1, 0.15) is 22.4 Å². The van der Waals surface area contributed by atoms with Crippen LogP contribution < -0.4 is 0 Å². The van der Waals surface area contributed by atoms with Crippen LogP contribution in [-0.4, -0.2) is 60.5 Å². The van der Waals surface area contributed by atoms with Gasteiger partial charge in [-0.1, -0.05) is 0 Å². The summed E-state index contributed by atoms with van der Waals surface area (Å²) in [4.78, 5) is 0. The zero-order valence-electron chi connectivity index (χ0n) is 15.8. The van der Waals surface area contributed by atoms with Crippen molar-refractivity contribution in [2.24, 2.45) is 0 Å². The smallest absolute Gasteiger partial charge is 0.133 e. The summed E-state index contributed by atoms with van der Waals surface area (Å²) in [5.41, 5.74) is -0.374. The molecule has 4 spiro atoms. The summed E-state index contributed by atoms with van der Waals surface area (Å²) in [6.45, 7) is 3.34. The van der Waals surface area contributed by atoms with Crippen LogP contribution in [0.3, 0.4) is 0 Å². The van der Waals surface area contributed by atoms with Crippen molar-refractivity contribution in [3.05, 3.63) is 11.6 Å². The van der Waals surface area contributed by atoms with E-state index in [-0.39, 0.29) is 6.61 Å². The van der Waals surface area contributed by atoms with Gasteiger partial charge in [0.05, 0.1) is 0 Å². The lowest BCUT2D eigenvalue weighted by Gasteiger charge is -2.63. The molecule has 0 saturated carbocycles. The molecule has 0 amide bonds. The molecule has 1 N–H and O–H groups in total. The van der Waals surface area contributed by atoms with Crippen LogP contribution in [0, 0.1) is 0 Å². The summed E-state index contributed by atoms with van der Waals surface area (Å²) in [7, 11) is 0. The van der Waals surface area contributed by atoms with E-state index in [0.717, 1.165) is 90.6 Å². The van der Waals surface area contributed by atoms with Crippen LogP contribution in [0.25, 0.3) is 0 Å². The van der Waals surface area contributed by atoms with Crippen molar-refractivity contribution in [3.63, 3.8) is 0 Å². The Morgan fingerprint density at radius 3 is 2.00 bits per heavy atom. The minimum Gasteiger partial charge on any atom is -0.396 e. The fraction of sp³-hybridized carbons (Fsp3) is 0.905. The van der Waals surface area contributed by atoms with E-state index in [2.05, 4.69) is 6.08 Å². The number of hydrogen-bond donors (Lipinski definition) is 1. The van der Waals surface area contributed by atoms with Crippen molar-refractivity contribution in [3.8, 4) is 0 Å². The largest absolute Gasteiger partial charge is 0.396 e. The summed E-state index contributed by atoms with van der Waals surface area (Å²) >= 11 is 0. The zero-order valence-corrected chi connectivity index (χ0v) is 15.8. The Kier molecular flexibility index (Phi) is 4.26. The molecule has 146 valence electrons. The van der Waals surface area contributed by atoms with E-state index < -0.39 is 22.4 Å². The first kappa shape index (κ1) is 17.6. The topological polar surface area (TPSA) is 57.2 Å². The lowest BCUT2D eigenvalue weighted by molar-refractivity contribution is -0.298. The molecule has 4 fully saturated rings. The monoisotopic (exact) mass is 364 g/mol. The van der Waals surface area contributed by atoms with Gasteiger partial charge in [0.2, 0.25) is 0 Å². The highest BCUT2D eigenvalue weighted by molar-refractivity contribution is 5.44. The minimum absolute atomic E-state index is 0.205. The maximum Gasteiger partial charge on any atom is 0.133 e. The maximum atomic E-state index is 9.49. The fourth-order valence-corrected chi connectivity index (χ4v) is 6.86. The van der Waals surface area contributed by atoms with Gasteiger partial charge in [0.25, 0.3) is 0 Å². The van der Waals surface area contributed by atoms with Crippen molar-refractivity contribution in [1.82, 2.24) is 0 Å². The van der Waals surface area contributed by atoms with Crippen LogP contribution in [0.5, 0.6) is 0 Å². The first-order chi connectivity index (χ1) is 12.7. The number of rotatable bonds is 3. The lowest BCUT2D eigenvalue weighted by atomic mass is 9.53. The van der Waals surface area contributed by atoms with Crippen molar-refractivity contribution >= 4 is 0 Å². The predicted molar refractivity (Wildman–Crippen MR) is 96.1 cm³/mol. The molecular formula is C21H32O5. The van der Waals surface area contributed by atoms with Gasteiger partial charge in [-0.25, -0.2) is 0 Å². The minimum atomic E-state index is -0.448. The highest BCUT2D eigenvalue weighted by Gasteiger charge is 2.78. The van der Waals surface area contributed by atoms with Crippen LogP contribution in [0.15, 0.2) is 11.6 Å². The molecule has 4 aliphatic heterocycles. The van der Waals surface area contributed by atoms with Crippen LogP contribution in [0.4, 0.5) is 0 Å². The lowest BCUT2D eigenvalue weighted by Crippen LogP contribution is -2.77. The van der Waals surface area contributed by atoms with Gasteiger partial charge in [-0.15, -0.1) is 0 Å². The molecule has 0 aromatic carbocycles. The SMILES string of the molecule is OCCCC1=C[C@@]2(CCCO2)[C@@]2(CCCO2)[C@]2(CCCO2)[C@@]12CCCO2. The number of aliphatic hydroxyl groups is 1. The Morgan fingerprint density at radius 1 is 0.769 bits per heavy atom. The van der Waals surface area contributed by atoms with E-state index in [9.17, 15) is 5.11 Å². The first-order valence-electron chi connectivity index (χ1n) is 10.6. The molecule has 1 aliphatic carbocycles. The Bertz CT molecular complexity index is 559. The van der Waals surface area contributed by atoms with E-state index >= 15 is 0 Å². The summed E-state index contributed by atoms with van der Waals surface area (Å²) in [5, 5.41) is 9.49. The molecule has 0 unspecified atom stereocenters. The van der Waals surface area contributed by atoms with Crippen LogP contribution >= 0.6 is 0 Å². The quantitative estimate of drug-likeness (QED) is 0.781. The highest BCUT2D eigenvalue weighted by Crippen LogP contribution is 2.66. The van der Waals surface area contributed by atoms with Gasteiger partial charge in [0.15, 0.2) is 0 Å². The molecule has 5 nitrogen and oxygen atoms in total. The summed E-state index contributed by atoms with van der Waals surface area (Å²) < 4.78 is 26.5. The van der Waals surface area contributed by atoms with Crippen molar-refractivity contribution in [2.75, 3.05) is 33.0 Å². The van der Waals surface area contributed by atoms with Crippen molar-refractivity contribution in [2.45, 2.75) is 86.6 Å². The molecule has 0 radical (unpaired) electrons.